The van der Waals surface area contributed by atoms with Crippen LogP contribution >= 0.6 is 11.3 Å². The lowest BCUT2D eigenvalue weighted by atomic mass is 9.97. The SMILES string of the molecule is c1ccc2c(c1)ccc1cc(Cc3ccc4sc5ccccc5c4c3)ccc12. The number of rotatable bonds is 2. The maximum Gasteiger partial charge on any atom is 0.0355 e. The van der Waals surface area contributed by atoms with E-state index in [2.05, 4.69) is 97.1 Å². The molecule has 28 heavy (non-hydrogen) atoms. The van der Waals surface area contributed by atoms with E-state index in [1.54, 1.807) is 0 Å². The standard InChI is InChI=1S/C27H18S/c1-2-6-22-20(5-1)11-12-21-16-18(9-13-23(21)22)15-19-10-14-27-25(17-19)24-7-3-4-8-26(24)28-27/h1-14,16-17H,15H2. The first kappa shape index (κ1) is 15.9. The highest BCUT2D eigenvalue weighted by atomic mass is 32.1. The molecular weight excluding hydrogens is 356 g/mol. The van der Waals surface area contributed by atoms with Crippen molar-refractivity contribution in [3.8, 4) is 0 Å². The van der Waals surface area contributed by atoms with Crippen LogP contribution in [0.5, 0.6) is 0 Å². The van der Waals surface area contributed by atoms with Gasteiger partial charge in [0.25, 0.3) is 0 Å². The Hall–Kier alpha value is -3.16. The largest absolute Gasteiger partial charge is 0.135 e. The van der Waals surface area contributed by atoms with Gasteiger partial charge in [0.1, 0.15) is 0 Å². The Bertz CT molecular complexity index is 1490. The lowest BCUT2D eigenvalue weighted by Gasteiger charge is -2.07. The van der Waals surface area contributed by atoms with Gasteiger partial charge in [-0.05, 0) is 57.3 Å². The molecule has 0 unspecified atom stereocenters. The summed E-state index contributed by atoms with van der Waals surface area (Å²) in [5, 5.41) is 8.04. The zero-order chi connectivity index (χ0) is 18.5. The summed E-state index contributed by atoms with van der Waals surface area (Å²) in [7, 11) is 0. The van der Waals surface area contributed by atoms with Gasteiger partial charge in [-0.2, -0.15) is 0 Å². The van der Waals surface area contributed by atoms with Gasteiger partial charge in [0.15, 0.2) is 0 Å². The van der Waals surface area contributed by atoms with Crippen LogP contribution in [0.3, 0.4) is 0 Å². The Morgan fingerprint density at radius 2 is 1.14 bits per heavy atom. The molecule has 0 fully saturated rings. The van der Waals surface area contributed by atoms with Gasteiger partial charge in [-0.3, -0.25) is 0 Å². The highest BCUT2D eigenvalue weighted by molar-refractivity contribution is 7.25. The van der Waals surface area contributed by atoms with Crippen molar-refractivity contribution >= 4 is 53.1 Å². The highest BCUT2D eigenvalue weighted by Gasteiger charge is 2.07. The maximum absolute atomic E-state index is 2.37. The van der Waals surface area contributed by atoms with Gasteiger partial charge in [-0.1, -0.05) is 78.9 Å². The van der Waals surface area contributed by atoms with Crippen molar-refractivity contribution in [3.05, 3.63) is 108 Å². The van der Waals surface area contributed by atoms with Crippen LogP contribution in [0.1, 0.15) is 11.1 Å². The third-order valence-electron chi connectivity index (χ3n) is 5.66. The van der Waals surface area contributed by atoms with Crippen LogP contribution < -0.4 is 0 Å². The van der Waals surface area contributed by atoms with Gasteiger partial charge < -0.3 is 0 Å². The molecule has 132 valence electrons. The number of hydrogen-bond donors (Lipinski definition) is 0. The summed E-state index contributed by atoms with van der Waals surface area (Å²) in [5.74, 6) is 0. The molecule has 0 spiro atoms. The molecule has 0 aliphatic carbocycles. The summed E-state index contributed by atoms with van der Waals surface area (Å²) in [6, 6.07) is 35.7. The number of thiophene rings is 1. The molecule has 6 aromatic rings. The van der Waals surface area contributed by atoms with Gasteiger partial charge in [-0.25, -0.2) is 0 Å². The summed E-state index contributed by atoms with van der Waals surface area (Å²) < 4.78 is 2.74. The minimum Gasteiger partial charge on any atom is -0.135 e. The Labute approximate surface area is 167 Å². The van der Waals surface area contributed by atoms with Gasteiger partial charge >= 0.3 is 0 Å². The highest BCUT2D eigenvalue weighted by Crippen LogP contribution is 2.34. The van der Waals surface area contributed by atoms with Crippen molar-refractivity contribution in [3.63, 3.8) is 0 Å². The molecule has 0 N–H and O–H groups in total. The first-order valence-corrected chi connectivity index (χ1v) is 10.5. The van der Waals surface area contributed by atoms with E-state index in [0.29, 0.717) is 0 Å². The van der Waals surface area contributed by atoms with E-state index < -0.39 is 0 Å². The van der Waals surface area contributed by atoms with E-state index >= 15 is 0 Å². The molecule has 0 aliphatic heterocycles. The number of fused-ring (bicyclic) bond motifs is 6. The predicted octanol–water partition coefficient (Wildman–Crippen LogP) is 7.95. The van der Waals surface area contributed by atoms with Crippen molar-refractivity contribution < 1.29 is 0 Å². The molecule has 0 bridgehead atoms. The molecule has 0 aliphatic rings. The second-order valence-electron chi connectivity index (χ2n) is 7.45. The summed E-state index contributed by atoms with van der Waals surface area (Å²) in [5.41, 5.74) is 2.73. The van der Waals surface area contributed by atoms with Crippen LogP contribution in [0.4, 0.5) is 0 Å². The molecule has 1 heteroatoms. The second-order valence-corrected chi connectivity index (χ2v) is 8.53. The first-order valence-electron chi connectivity index (χ1n) is 9.66. The summed E-state index contributed by atoms with van der Waals surface area (Å²) in [4.78, 5) is 0. The van der Waals surface area contributed by atoms with E-state index in [9.17, 15) is 0 Å². The molecule has 5 aromatic carbocycles. The number of benzene rings is 5. The van der Waals surface area contributed by atoms with Crippen LogP contribution in [0.15, 0.2) is 97.1 Å². The van der Waals surface area contributed by atoms with Gasteiger partial charge in [0.05, 0.1) is 0 Å². The van der Waals surface area contributed by atoms with Crippen LogP contribution in [0.25, 0.3) is 41.7 Å². The molecule has 1 heterocycles. The first-order chi connectivity index (χ1) is 13.8. The fourth-order valence-electron chi connectivity index (χ4n) is 4.29. The minimum absolute atomic E-state index is 0.961. The Morgan fingerprint density at radius 1 is 0.464 bits per heavy atom. The fourth-order valence-corrected chi connectivity index (χ4v) is 5.38. The Balaban J connectivity index is 1.43. The van der Waals surface area contributed by atoms with E-state index in [0.717, 1.165) is 6.42 Å². The van der Waals surface area contributed by atoms with Crippen molar-refractivity contribution in [1.29, 1.82) is 0 Å². The predicted molar refractivity (Wildman–Crippen MR) is 124 cm³/mol. The van der Waals surface area contributed by atoms with Gasteiger partial charge in [0, 0.05) is 20.2 Å². The third kappa shape index (κ3) is 2.51. The molecule has 0 saturated heterocycles. The molecule has 1 aromatic heterocycles. The monoisotopic (exact) mass is 374 g/mol. The topological polar surface area (TPSA) is 0 Å². The lowest BCUT2D eigenvalue weighted by Crippen LogP contribution is -1.88. The summed E-state index contributed by atoms with van der Waals surface area (Å²) >= 11 is 1.88. The minimum atomic E-state index is 0.961. The molecule has 0 atom stereocenters. The van der Waals surface area contributed by atoms with Gasteiger partial charge in [0.2, 0.25) is 0 Å². The summed E-state index contributed by atoms with van der Waals surface area (Å²) in [6.07, 6.45) is 0.961. The smallest absolute Gasteiger partial charge is 0.0355 e. The average Bonchev–Trinajstić information content (AvgIpc) is 3.11. The normalized spacial score (nSPS) is 11.7. The molecule has 0 nitrogen and oxygen atoms in total. The van der Waals surface area contributed by atoms with Crippen molar-refractivity contribution in [2.75, 3.05) is 0 Å². The van der Waals surface area contributed by atoms with Crippen molar-refractivity contribution in [2.24, 2.45) is 0 Å². The molecule has 0 amide bonds. The van der Waals surface area contributed by atoms with E-state index in [4.69, 9.17) is 0 Å². The van der Waals surface area contributed by atoms with Gasteiger partial charge in [-0.15, -0.1) is 11.3 Å². The summed E-state index contributed by atoms with van der Waals surface area (Å²) in [6.45, 7) is 0. The molecule has 0 saturated carbocycles. The van der Waals surface area contributed by atoms with E-state index in [-0.39, 0.29) is 0 Å². The van der Waals surface area contributed by atoms with E-state index in [1.807, 2.05) is 11.3 Å². The quantitative estimate of drug-likeness (QED) is 0.270. The lowest BCUT2D eigenvalue weighted by molar-refractivity contribution is 1.21. The van der Waals surface area contributed by atoms with Crippen LogP contribution in [-0.4, -0.2) is 0 Å². The molecule has 0 radical (unpaired) electrons. The van der Waals surface area contributed by atoms with E-state index in [1.165, 1.54) is 52.8 Å². The average molecular weight is 375 g/mol. The van der Waals surface area contributed by atoms with Crippen molar-refractivity contribution in [2.45, 2.75) is 6.42 Å². The second kappa shape index (κ2) is 6.19. The fraction of sp³-hybridized carbons (Fsp3) is 0.0370. The third-order valence-corrected chi connectivity index (χ3v) is 6.81. The number of hydrogen-bond acceptors (Lipinski definition) is 1. The van der Waals surface area contributed by atoms with Crippen LogP contribution in [-0.2, 0) is 6.42 Å². The zero-order valence-corrected chi connectivity index (χ0v) is 16.2. The zero-order valence-electron chi connectivity index (χ0n) is 15.4. The molecular formula is C27H18S. The Kier molecular flexibility index (Phi) is 3.50. The maximum atomic E-state index is 2.37. The van der Waals surface area contributed by atoms with Crippen LogP contribution in [0.2, 0.25) is 0 Å². The molecule has 6 rings (SSSR count). The van der Waals surface area contributed by atoms with Crippen molar-refractivity contribution in [1.82, 2.24) is 0 Å². The Morgan fingerprint density at radius 3 is 2.11 bits per heavy atom. The van der Waals surface area contributed by atoms with Crippen LogP contribution in [0, 0.1) is 0 Å².